The van der Waals surface area contributed by atoms with Crippen molar-refractivity contribution in [2.75, 3.05) is 26.2 Å². The standard InChI is InChI=1S/C10H12F6N2O4/c11-9(12,13)3-17-1-2-18(4-10(14,15)16)8(22)6(20)5(19)7(17)21/h5-6,19-20H,1-4H2/t5-,6-/m0/s1. The van der Waals surface area contributed by atoms with Gasteiger partial charge < -0.3 is 20.0 Å². The Labute approximate surface area is 119 Å². The van der Waals surface area contributed by atoms with Gasteiger partial charge in [0.1, 0.15) is 13.1 Å². The molecule has 1 aliphatic heterocycles. The third-order valence-electron chi connectivity index (χ3n) is 2.81. The van der Waals surface area contributed by atoms with Gasteiger partial charge in [0, 0.05) is 13.1 Å². The van der Waals surface area contributed by atoms with Crippen LogP contribution in [-0.2, 0) is 9.59 Å². The topological polar surface area (TPSA) is 81.1 Å². The van der Waals surface area contributed by atoms with E-state index in [4.69, 9.17) is 0 Å². The van der Waals surface area contributed by atoms with Crippen LogP contribution in [0.1, 0.15) is 0 Å². The van der Waals surface area contributed by atoms with Crippen LogP contribution in [0.2, 0.25) is 0 Å². The van der Waals surface area contributed by atoms with Gasteiger partial charge in [0.15, 0.2) is 12.2 Å². The smallest absolute Gasteiger partial charge is 0.380 e. The summed E-state index contributed by atoms with van der Waals surface area (Å²) in [5.74, 6) is -3.16. The Bertz CT molecular complexity index is 398. The van der Waals surface area contributed by atoms with Gasteiger partial charge in [-0.3, -0.25) is 9.59 Å². The van der Waals surface area contributed by atoms with E-state index in [1.807, 2.05) is 0 Å². The first-order chi connectivity index (χ1) is 9.82. The van der Waals surface area contributed by atoms with E-state index in [0.717, 1.165) is 0 Å². The van der Waals surface area contributed by atoms with Crippen LogP contribution in [0, 0.1) is 0 Å². The van der Waals surface area contributed by atoms with E-state index in [2.05, 4.69) is 0 Å². The van der Waals surface area contributed by atoms with Crippen molar-refractivity contribution in [1.82, 2.24) is 9.80 Å². The Morgan fingerprint density at radius 2 is 1.09 bits per heavy atom. The summed E-state index contributed by atoms with van der Waals surface area (Å²) < 4.78 is 73.9. The van der Waals surface area contributed by atoms with Gasteiger partial charge in [-0.15, -0.1) is 0 Å². The van der Waals surface area contributed by atoms with Gasteiger partial charge in [-0.2, -0.15) is 26.3 Å². The first kappa shape index (κ1) is 18.5. The minimum atomic E-state index is -4.85. The third-order valence-corrected chi connectivity index (χ3v) is 2.81. The number of amides is 2. The number of carbonyl (C=O) groups excluding carboxylic acids is 2. The first-order valence-electron chi connectivity index (χ1n) is 5.89. The van der Waals surface area contributed by atoms with E-state index in [9.17, 15) is 46.1 Å². The van der Waals surface area contributed by atoms with Crippen molar-refractivity contribution < 1.29 is 46.1 Å². The Morgan fingerprint density at radius 3 is 1.32 bits per heavy atom. The molecule has 1 saturated heterocycles. The van der Waals surface area contributed by atoms with Crippen molar-refractivity contribution >= 4 is 11.8 Å². The lowest BCUT2D eigenvalue weighted by molar-refractivity contribution is -0.184. The molecule has 6 nitrogen and oxygen atoms in total. The molecule has 2 amide bonds. The van der Waals surface area contributed by atoms with Crippen LogP contribution in [0.3, 0.4) is 0 Å². The van der Waals surface area contributed by atoms with Gasteiger partial charge in [0.05, 0.1) is 0 Å². The van der Waals surface area contributed by atoms with Crippen LogP contribution in [-0.4, -0.2) is 82.6 Å². The maximum Gasteiger partial charge on any atom is 0.406 e. The fourth-order valence-electron chi connectivity index (χ4n) is 1.85. The fourth-order valence-corrected chi connectivity index (χ4v) is 1.85. The van der Waals surface area contributed by atoms with Crippen LogP contribution in [0.4, 0.5) is 26.3 Å². The number of aliphatic hydroxyl groups is 2. The van der Waals surface area contributed by atoms with Crippen molar-refractivity contribution in [2.24, 2.45) is 0 Å². The molecule has 0 aromatic heterocycles. The normalized spacial score (nSPS) is 25.3. The van der Waals surface area contributed by atoms with Crippen molar-refractivity contribution in [3.63, 3.8) is 0 Å². The Balaban J connectivity index is 2.98. The zero-order chi connectivity index (χ0) is 17.3. The quantitative estimate of drug-likeness (QED) is 0.666. The van der Waals surface area contributed by atoms with Gasteiger partial charge in [-0.05, 0) is 0 Å². The zero-order valence-electron chi connectivity index (χ0n) is 10.9. The number of halogens is 6. The van der Waals surface area contributed by atoms with Gasteiger partial charge in [0.25, 0.3) is 11.8 Å². The average molecular weight is 338 g/mol. The molecule has 0 aliphatic carbocycles. The van der Waals surface area contributed by atoms with E-state index in [1.54, 1.807) is 0 Å². The molecule has 1 fully saturated rings. The Morgan fingerprint density at radius 1 is 0.818 bits per heavy atom. The van der Waals surface area contributed by atoms with Crippen molar-refractivity contribution in [2.45, 2.75) is 24.6 Å². The number of carbonyl (C=O) groups is 2. The zero-order valence-corrected chi connectivity index (χ0v) is 10.9. The maximum atomic E-state index is 12.3. The molecule has 0 spiro atoms. The highest BCUT2D eigenvalue weighted by molar-refractivity contribution is 5.91. The van der Waals surface area contributed by atoms with E-state index < -0.39 is 62.6 Å². The summed E-state index contributed by atoms with van der Waals surface area (Å²) in [6.07, 6.45) is -14.8. The number of aliphatic hydroxyl groups excluding tert-OH is 2. The second-order valence-electron chi connectivity index (χ2n) is 4.64. The minimum Gasteiger partial charge on any atom is -0.380 e. The molecule has 0 bridgehead atoms. The van der Waals surface area contributed by atoms with Gasteiger partial charge >= 0.3 is 12.4 Å². The van der Waals surface area contributed by atoms with Crippen LogP contribution < -0.4 is 0 Å². The molecule has 0 saturated carbocycles. The van der Waals surface area contributed by atoms with Crippen molar-refractivity contribution in [1.29, 1.82) is 0 Å². The maximum absolute atomic E-state index is 12.3. The summed E-state index contributed by atoms with van der Waals surface area (Å²) in [6.45, 7) is -5.35. The van der Waals surface area contributed by atoms with E-state index in [0.29, 0.717) is 0 Å². The fraction of sp³-hybridized carbons (Fsp3) is 0.800. The molecule has 1 rings (SSSR count). The lowest BCUT2D eigenvalue weighted by atomic mass is 10.1. The summed E-state index contributed by atoms with van der Waals surface area (Å²) >= 11 is 0. The molecule has 0 aromatic carbocycles. The first-order valence-corrected chi connectivity index (χ1v) is 5.89. The Hall–Kier alpha value is -1.56. The van der Waals surface area contributed by atoms with E-state index in [-0.39, 0.29) is 9.80 Å². The number of nitrogens with zero attached hydrogens (tertiary/aromatic N) is 2. The van der Waals surface area contributed by atoms with E-state index >= 15 is 0 Å². The van der Waals surface area contributed by atoms with Crippen LogP contribution in [0.25, 0.3) is 0 Å². The third kappa shape index (κ3) is 5.02. The molecule has 2 N–H and O–H groups in total. The lowest BCUT2D eigenvalue weighted by Gasteiger charge is -2.35. The highest BCUT2D eigenvalue weighted by Gasteiger charge is 2.44. The molecular weight excluding hydrogens is 326 g/mol. The molecule has 2 atom stereocenters. The molecule has 22 heavy (non-hydrogen) atoms. The van der Waals surface area contributed by atoms with Crippen molar-refractivity contribution in [3.05, 3.63) is 0 Å². The van der Waals surface area contributed by atoms with Gasteiger partial charge in [-0.25, -0.2) is 0 Å². The number of rotatable bonds is 2. The number of alkyl halides is 6. The summed E-state index contributed by atoms with van der Waals surface area (Å²) in [7, 11) is 0. The largest absolute Gasteiger partial charge is 0.406 e. The van der Waals surface area contributed by atoms with Crippen LogP contribution in [0.5, 0.6) is 0 Å². The highest BCUT2D eigenvalue weighted by atomic mass is 19.4. The van der Waals surface area contributed by atoms with Gasteiger partial charge in [-0.1, -0.05) is 0 Å². The Kier molecular flexibility index (Phi) is 5.28. The number of hydrogen-bond donors (Lipinski definition) is 2. The summed E-state index contributed by atoms with van der Waals surface area (Å²) in [5, 5.41) is 18.7. The van der Waals surface area contributed by atoms with Crippen LogP contribution in [0.15, 0.2) is 0 Å². The number of hydrogen-bond acceptors (Lipinski definition) is 4. The van der Waals surface area contributed by atoms with Crippen LogP contribution >= 0.6 is 0 Å². The molecular formula is C10H12F6N2O4. The second kappa shape index (κ2) is 6.28. The SMILES string of the molecule is O=C1[C@@H](O)[C@H](O)C(=O)N(CC(F)(F)F)CCN1CC(F)(F)F. The predicted octanol–water partition coefficient (Wildman–Crippen LogP) is -0.496. The molecule has 1 aliphatic rings. The monoisotopic (exact) mass is 338 g/mol. The van der Waals surface area contributed by atoms with Gasteiger partial charge in [0.2, 0.25) is 0 Å². The molecule has 12 heteroatoms. The predicted molar refractivity (Wildman–Crippen MR) is 57.3 cm³/mol. The molecule has 1 heterocycles. The summed E-state index contributed by atoms with van der Waals surface area (Å²) in [4.78, 5) is 23.2. The molecule has 0 radical (unpaired) electrons. The average Bonchev–Trinajstić information content (AvgIpc) is 2.35. The molecule has 0 unspecified atom stereocenters. The van der Waals surface area contributed by atoms with E-state index in [1.165, 1.54) is 0 Å². The molecule has 0 aromatic rings. The highest BCUT2D eigenvalue weighted by Crippen LogP contribution is 2.21. The molecule has 128 valence electrons. The summed E-state index contributed by atoms with van der Waals surface area (Å²) in [6, 6.07) is 0. The lowest BCUT2D eigenvalue weighted by Crippen LogP contribution is -2.59. The summed E-state index contributed by atoms with van der Waals surface area (Å²) in [5.41, 5.74) is 0. The van der Waals surface area contributed by atoms with Crippen molar-refractivity contribution in [3.8, 4) is 0 Å². The minimum absolute atomic E-state index is 0.0453. The second-order valence-corrected chi connectivity index (χ2v) is 4.64.